The fourth-order valence-corrected chi connectivity index (χ4v) is 7.27. The number of ether oxygens (including phenoxy) is 1. The van der Waals surface area contributed by atoms with Gasteiger partial charge in [-0.15, -0.1) is 0 Å². The molecule has 1 amide bonds. The number of hydrogen-bond acceptors (Lipinski definition) is 7. The maximum atomic E-state index is 13.3. The molecular weight excluding hydrogens is 542 g/mol. The maximum Gasteiger partial charge on any atom is 0.243 e. The number of carbonyl (C=O) groups excluding carboxylic acids is 1. The molecule has 2 fully saturated rings. The standard InChI is InChI=1S/C28H30ClN3O6S/c1-38-25-15-19(7-12-23(25)29)28(13-14-28)27(35)31-26-4-2-3-24(30-26)18-5-10-22(11-6-18)39(36,37)32-20(16-33)8-9-21(32)17-34/h2-7,10-12,15,20-21,33-34H,8-9,13-14,16-17H2,1H3,(H,30,31,35)/t20-,21-/m1/s1. The molecule has 1 saturated carbocycles. The average Bonchev–Trinajstić information content (AvgIpc) is 3.65. The Hall–Kier alpha value is -3.02. The van der Waals surface area contributed by atoms with E-state index in [2.05, 4.69) is 10.3 Å². The highest BCUT2D eigenvalue weighted by Gasteiger charge is 2.51. The fraction of sp³-hybridized carbons (Fsp3) is 0.357. The van der Waals surface area contributed by atoms with E-state index in [0.717, 1.165) is 5.56 Å². The van der Waals surface area contributed by atoms with Crippen molar-refractivity contribution in [2.75, 3.05) is 25.6 Å². The number of hydrogen-bond donors (Lipinski definition) is 3. The molecule has 1 aromatic heterocycles. The number of nitrogens with zero attached hydrogens (tertiary/aromatic N) is 2. The first-order valence-corrected chi connectivity index (χ1v) is 14.5. The van der Waals surface area contributed by atoms with Gasteiger partial charge in [0.2, 0.25) is 15.9 Å². The number of halogens is 1. The number of aromatic nitrogens is 1. The fourth-order valence-electron chi connectivity index (χ4n) is 5.22. The zero-order valence-electron chi connectivity index (χ0n) is 21.4. The Balaban J connectivity index is 1.34. The number of carbonyl (C=O) groups is 1. The third-order valence-corrected chi connectivity index (χ3v) is 9.91. The van der Waals surface area contributed by atoms with Gasteiger partial charge in [-0.25, -0.2) is 13.4 Å². The monoisotopic (exact) mass is 571 g/mol. The van der Waals surface area contributed by atoms with Crippen molar-refractivity contribution in [2.45, 2.75) is 48.1 Å². The van der Waals surface area contributed by atoms with Crippen LogP contribution in [-0.4, -0.2) is 66.2 Å². The van der Waals surface area contributed by atoms with Crippen LogP contribution in [-0.2, 0) is 20.2 Å². The number of benzene rings is 2. The maximum absolute atomic E-state index is 13.3. The van der Waals surface area contributed by atoms with Crippen LogP contribution in [0, 0.1) is 0 Å². The molecule has 0 spiro atoms. The molecule has 11 heteroatoms. The van der Waals surface area contributed by atoms with Crippen molar-refractivity contribution >= 4 is 33.3 Å². The van der Waals surface area contributed by atoms with Crippen molar-refractivity contribution in [1.29, 1.82) is 0 Å². The number of methoxy groups -OCH3 is 1. The number of anilines is 1. The van der Waals surface area contributed by atoms with Crippen LogP contribution in [0.4, 0.5) is 5.82 Å². The van der Waals surface area contributed by atoms with Gasteiger partial charge in [0, 0.05) is 17.6 Å². The number of aliphatic hydroxyl groups is 2. The zero-order chi connectivity index (χ0) is 27.8. The van der Waals surface area contributed by atoms with Crippen molar-refractivity contribution in [3.8, 4) is 17.0 Å². The second-order valence-corrected chi connectivity index (χ2v) is 12.2. The largest absolute Gasteiger partial charge is 0.495 e. The summed E-state index contributed by atoms with van der Waals surface area (Å²) in [7, 11) is -2.38. The molecule has 1 saturated heterocycles. The normalized spacial score (nSPS) is 20.5. The molecule has 2 aliphatic rings. The van der Waals surface area contributed by atoms with Crippen LogP contribution in [0.3, 0.4) is 0 Å². The van der Waals surface area contributed by atoms with Gasteiger partial charge < -0.3 is 20.3 Å². The Kier molecular flexibility index (Phi) is 7.67. The van der Waals surface area contributed by atoms with Crippen LogP contribution in [0.1, 0.15) is 31.2 Å². The summed E-state index contributed by atoms with van der Waals surface area (Å²) in [6.07, 6.45) is 2.39. The molecule has 0 unspecified atom stereocenters. The predicted octanol–water partition coefficient (Wildman–Crippen LogP) is 3.59. The Morgan fingerprint density at radius 2 is 1.74 bits per heavy atom. The van der Waals surface area contributed by atoms with Crippen molar-refractivity contribution in [3.05, 3.63) is 71.2 Å². The summed E-state index contributed by atoms with van der Waals surface area (Å²) in [4.78, 5) is 17.9. The van der Waals surface area contributed by atoms with Gasteiger partial charge in [0.15, 0.2) is 0 Å². The lowest BCUT2D eigenvalue weighted by Gasteiger charge is -2.27. The van der Waals surface area contributed by atoms with Crippen molar-refractivity contribution in [2.24, 2.45) is 0 Å². The minimum Gasteiger partial charge on any atom is -0.495 e. The van der Waals surface area contributed by atoms with Gasteiger partial charge in [-0.3, -0.25) is 4.79 Å². The van der Waals surface area contributed by atoms with E-state index in [-0.39, 0.29) is 24.0 Å². The molecule has 5 rings (SSSR count). The molecule has 2 atom stereocenters. The molecule has 1 aliphatic carbocycles. The van der Waals surface area contributed by atoms with Gasteiger partial charge in [-0.05, 0) is 67.6 Å². The van der Waals surface area contributed by atoms with E-state index < -0.39 is 27.5 Å². The van der Waals surface area contributed by atoms with Crippen LogP contribution >= 0.6 is 11.6 Å². The van der Waals surface area contributed by atoms with Crippen LogP contribution in [0.15, 0.2) is 65.6 Å². The number of nitrogens with one attached hydrogen (secondary N) is 1. The first-order valence-electron chi connectivity index (χ1n) is 12.7. The summed E-state index contributed by atoms with van der Waals surface area (Å²) in [5.41, 5.74) is 1.41. The number of sulfonamides is 1. The third kappa shape index (κ3) is 5.15. The Labute approximate surface area is 232 Å². The number of rotatable bonds is 9. The first-order chi connectivity index (χ1) is 18.7. The van der Waals surface area contributed by atoms with Crippen molar-refractivity contribution in [3.63, 3.8) is 0 Å². The zero-order valence-corrected chi connectivity index (χ0v) is 23.0. The third-order valence-electron chi connectivity index (χ3n) is 7.58. The van der Waals surface area contributed by atoms with Crippen LogP contribution in [0.2, 0.25) is 5.02 Å². The van der Waals surface area contributed by atoms with Crippen LogP contribution in [0.5, 0.6) is 5.75 Å². The van der Waals surface area contributed by atoms with E-state index >= 15 is 0 Å². The molecule has 206 valence electrons. The van der Waals surface area contributed by atoms with Crippen molar-refractivity contribution in [1.82, 2.24) is 9.29 Å². The molecule has 3 N–H and O–H groups in total. The molecule has 39 heavy (non-hydrogen) atoms. The smallest absolute Gasteiger partial charge is 0.243 e. The highest BCUT2D eigenvalue weighted by atomic mass is 35.5. The van der Waals surface area contributed by atoms with Gasteiger partial charge in [0.25, 0.3) is 0 Å². The summed E-state index contributed by atoms with van der Waals surface area (Å²) in [5, 5.41) is 22.7. The van der Waals surface area contributed by atoms with Crippen LogP contribution in [0.25, 0.3) is 11.3 Å². The average molecular weight is 572 g/mol. The molecule has 2 heterocycles. The molecule has 0 bridgehead atoms. The minimum absolute atomic E-state index is 0.0728. The van der Waals surface area contributed by atoms with Gasteiger partial charge in [0.05, 0.1) is 41.4 Å². The summed E-state index contributed by atoms with van der Waals surface area (Å²) >= 11 is 6.15. The lowest BCUT2D eigenvalue weighted by Crippen LogP contribution is -2.44. The highest BCUT2D eigenvalue weighted by Crippen LogP contribution is 2.50. The van der Waals surface area contributed by atoms with E-state index in [1.54, 1.807) is 42.5 Å². The Morgan fingerprint density at radius 1 is 1.08 bits per heavy atom. The second kappa shape index (κ2) is 10.9. The van der Waals surface area contributed by atoms with Gasteiger partial charge in [0.1, 0.15) is 11.6 Å². The quantitative estimate of drug-likeness (QED) is 0.358. The second-order valence-electron chi connectivity index (χ2n) is 9.90. The highest BCUT2D eigenvalue weighted by molar-refractivity contribution is 7.89. The molecule has 2 aromatic carbocycles. The van der Waals surface area contributed by atoms with Gasteiger partial charge in [-0.2, -0.15) is 4.31 Å². The van der Waals surface area contributed by atoms with E-state index in [4.69, 9.17) is 16.3 Å². The Bertz CT molecular complexity index is 1460. The van der Waals surface area contributed by atoms with Crippen molar-refractivity contribution < 1.29 is 28.2 Å². The van der Waals surface area contributed by atoms with E-state index in [1.807, 2.05) is 6.07 Å². The van der Waals surface area contributed by atoms with Gasteiger partial charge in [-0.1, -0.05) is 35.9 Å². The number of pyridine rings is 1. The number of aliphatic hydroxyl groups excluding tert-OH is 2. The summed E-state index contributed by atoms with van der Waals surface area (Å²) < 4.78 is 33.1. The van der Waals surface area contributed by atoms with Gasteiger partial charge >= 0.3 is 0 Å². The summed E-state index contributed by atoms with van der Waals surface area (Å²) in [6.45, 7) is -0.605. The first kappa shape index (κ1) is 27.5. The van der Waals surface area contributed by atoms with E-state index in [1.165, 1.54) is 23.5 Å². The molecule has 1 aliphatic heterocycles. The Morgan fingerprint density at radius 3 is 2.33 bits per heavy atom. The van der Waals surface area contributed by atoms with Crippen LogP contribution < -0.4 is 10.1 Å². The lowest BCUT2D eigenvalue weighted by molar-refractivity contribution is -0.118. The molecular formula is C28H30ClN3O6S. The topological polar surface area (TPSA) is 129 Å². The summed E-state index contributed by atoms with van der Waals surface area (Å²) in [5.74, 6) is 0.734. The summed E-state index contributed by atoms with van der Waals surface area (Å²) in [6, 6.07) is 15.8. The predicted molar refractivity (Wildman–Crippen MR) is 147 cm³/mol. The lowest BCUT2D eigenvalue weighted by atomic mass is 9.94. The number of amides is 1. The minimum atomic E-state index is -3.91. The molecule has 3 aromatic rings. The molecule has 9 nitrogen and oxygen atoms in total. The van der Waals surface area contributed by atoms with E-state index in [0.29, 0.717) is 53.5 Å². The van der Waals surface area contributed by atoms with E-state index in [9.17, 15) is 23.4 Å². The SMILES string of the molecule is COc1cc(C2(C(=O)Nc3cccc(-c4ccc(S(=O)(=O)N5[C@@H](CO)CC[C@@H]5CO)cc4)n3)CC2)ccc1Cl. The molecule has 0 radical (unpaired) electrons.